The highest BCUT2D eigenvalue weighted by molar-refractivity contribution is 8.00. The number of aromatic nitrogens is 1. The van der Waals surface area contributed by atoms with Crippen LogP contribution in [-0.4, -0.2) is 28.2 Å². The highest BCUT2D eigenvalue weighted by atomic mass is 35.5. The number of nitrogens with zero attached hydrogens (tertiary/aromatic N) is 2. The lowest BCUT2D eigenvalue weighted by atomic mass is 10.1. The van der Waals surface area contributed by atoms with E-state index in [0.717, 1.165) is 29.1 Å². The van der Waals surface area contributed by atoms with Crippen LogP contribution in [0, 0.1) is 12.3 Å². The number of benzene rings is 1. The molecule has 160 valence electrons. The number of nitrogens with one attached hydrogen (secondary N) is 2. The third-order valence-electron chi connectivity index (χ3n) is 3.96. The van der Waals surface area contributed by atoms with Gasteiger partial charge in [-0.2, -0.15) is 13.2 Å². The van der Waals surface area contributed by atoms with Gasteiger partial charge in [-0.1, -0.05) is 17.7 Å². The first-order valence-corrected chi connectivity index (χ1v) is 9.82. The molecule has 0 saturated heterocycles. The molecule has 0 aliphatic rings. The van der Waals surface area contributed by atoms with Crippen molar-refractivity contribution in [2.45, 2.75) is 24.9 Å². The van der Waals surface area contributed by atoms with E-state index in [1.165, 1.54) is 37.4 Å². The molecule has 2 rings (SSSR count). The van der Waals surface area contributed by atoms with Crippen LogP contribution in [0.3, 0.4) is 0 Å². The molecular weight excluding hydrogens is 439 g/mol. The summed E-state index contributed by atoms with van der Waals surface area (Å²) in [6.45, 7) is 3.25. The van der Waals surface area contributed by atoms with Crippen LogP contribution < -0.4 is 10.5 Å². The second kappa shape index (κ2) is 9.86. The van der Waals surface area contributed by atoms with Gasteiger partial charge in [-0.05, 0) is 61.8 Å². The Kier molecular flexibility index (Phi) is 7.74. The van der Waals surface area contributed by atoms with E-state index in [1.807, 2.05) is 0 Å². The second-order valence-corrected chi connectivity index (χ2v) is 7.34. The fraction of sp³-hybridized carbons (Fsp3) is 0.211. The molecule has 1 heterocycles. The van der Waals surface area contributed by atoms with E-state index < -0.39 is 17.6 Å². The lowest BCUT2D eigenvalue weighted by Gasteiger charge is -2.20. The molecule has 4 N–H and O–H groups in total. The van der Waals surface area contributed by atoms with Crippen molar-refractivity contribution in [2.24, 2.45) is 5.73 Å². The Morgan fingerprint density at radius 1 is 1.40 bits per heavy atom. The number of hydrogen-bond acceptors (Lipinski definition) is 6. The van der Waals surface area contributed by atoms with Gasteiger partial charge in [-0.25, -0.2) is 4.98 Å². The van der Waals surface area contributed by atoms with E-state index >= 15 is 0 Å². The number of carbonyl (C=O) groups excluding carboxylic acids is 1. The Bertz CT molecular complexity index is 981. The van der Waals surface area contributed by atoms with Crippen molar-refractivity contribution >= 4 is 41.0 Å². The summed E-state index contributed by atoms with van der Waals surface area (Å²) >= 11 is 6.86. The molecule has 11 heteroatoms. The van der Waals surface area contributed by atoms with Crippen LogP contribution >= 0.6 is 23.5 Å². The first-order valence-electron chi connectivity index (χ1n) is 8.63. The van der Waals surface area contributed by atoms with Crippen LogP contribution in [0.25, 0.3) is 0 Å². The lowest BCUT2D eigenvalue weighted by molar-refractivity contribution is -0.138. The predicted octanol–water partition coefficient (Wildman–Crippen LogP) is 5.09. The van der Waals surface area contributed by atoms with Crippen molar-refractivity contribution in [2.75, 3.05) is 11.3 Å². The summed E-state index contributed by atoms with van der Waals surface area (Å²) in [5, 5.41) is 8.16. The largest absolute Gasteiger partial charge is 0.416 e. The zero-order chi connectivity index (χ0) is 22.5. The normalized spacial score (nSPS) is 11.5. The molecule has 1 aromatic heterocycles. The second-order valence-electron chi connectivity index (χ2n) is 6.02. The first kappa shape index (κ1) is 23.6. The van der Waals surface area contributed by atoms with Gasteiger partial charge in [-0.15, -0.1) is 0 Å². The zero-order valence-electron chi connectivity index (χ0n) is 16.0. The predicted molar refractivity (Wildman–Crippen MR) is 113 cm³/mol. The number of anilines is 1. The maximum atomic E-state index is 13.1. The van der Waals surface area contributed by atoms with Crippen molar-refractivity contribution in [3.05, 3.63) is 64.6 Å². The Hall–Kier alpha value is -2.72. The van der Waals surface area contributed by atoms with Gasteiger partial charge in [0.05, 0.1) is 16.3 Å². The Labute approximate surface area is 180 Å². The summed E-state index contributed by atoms with van der Waals surface area (Å²) < 4.78 is 42.3. The number of aryl methyl sites for hydroxylation is 1. The zero-order valence-corrected chi connectivity index (χ0v) is 17.6. The standard InChI is InChI=1S/C19H19ClF3N5OS/c1-3-28(16(25)6-7-24)18(29)17-15(8-12(20)10-26-17)27-30-13-5-4-11(2)14(9-13)19(21,22)23/h4-10,25,27H,3,24H2,1-2H3/b7-6-,25-16?. The highest BCUT2D eigenvalue weighted by Crippen LogP contribution is 2.35. The number of halogens is 4. The number of amides is 1. The van der Waals surface area contributed by atoms with Gasteiger partial charge >= 0.3 is 6.18 Å². The van der Waals surface area contributed by atoms with Gasteiger partial charge in [0.2, 0.25) is 0 Å². The fourth-order valence-corrected chi connectivity index (χ4v) is 3.36. The number of likely N-dealkylation sites (N-methyl/N-ethyl adjacent to an activating group) is 1. The lowest BCUT2D eigenvalue weighted by Crippen LogP contribution is -2.36. The van der Waals surface area contributed by atoms with E-state index in [1.54, 1.807) is 6.92 Å². The SMILES string of the molecule is CCN(C(=N)/C=C\N)C(=O)c1ncc(Cl)cc1NSc1ccc(C)c(C(F)(F)F)c1. The summed E-state index contributed by atoms with van der Waals surface area (Å²) in [7, 11) is 0. The Balaban J connectivity index is 2.32. The monoisotopic (exact) mass is 457 g/mol. The van der Waals surface area contributed by atoms with Crippen molar-refractivity contribution in [3.8, 4) is 0 Å². The smallest absolute Gasteiger partial charge is 0.404 e. The number of nitrogens with two attached hydrogens (primary N) is 1. The molecule has 0 saturated carbocycles. The van der Waals surface area contributed by atoms with Gasteiger partial charge in [0.1, 0.15) is 5.84 Å². The summed E-state index contributed by atoms with van der Waals surface area (Å²) in [5.74, 6) is -0.714. The molecule has 0 radical (unpaired) electrons. The third kappa shape index (κ3) is 5.67. The minimum Gasteiger partial charge on any atom is -0.404 e. The number of amidine groups is 1. The molecule has 0 unspecified atom stereocenters. The molecule has 6 nitrogen and oxygen atoms in total. The van der Waals surface area contributed by atoms with Crippen LogP contribution in [-0.2, 0) is 6.18 Å². The average Bonchev–Trinajstić information content (AvgIpc) is 2.67. The van der Waals surface area contributed by atoms with E-state index in [0.29, 0.717) is 0 Å². The van der Waals surface area contributed by atoms with Crippen LogP contribution in [0.1, 0.15) is 28.5 Å². The number of alkyl halides is 3. The molecule has 0 spiro atoms. The topological polar surface area (TPSA) is 95.1 Å². The Morgan fingerprint density at radius 3 is 2.70 bits per heavy atom. The van der Waals surface area contributed by atoms with Crippen molar-refractivity contribution in [1.29, 1.82) is 5.41 Å². The molecular formula is C19H19ClF3N5OS. The molecule has 0 fully saturated rings. The summed E-state index contributed by atoms with van der Waals surface area (Å²) in [5.41, 5.74) is 4.82. The molecule has 0 bridgehead atoms. The van der Waals surface area contributed by atoms with E-state index in [9.17, 15) is 18.0 Å². The first-order chi connectivity index (χ1) is 14.1. The van der Waals surface area contributed by atoms with Crippen LogP contribution in [0.5, 0.6) is 0 Å². The fourth-order valence-electron chi connectivity index (χ4n) is 2.50. The molecule has 0 aliphatic carbocycles. The van der Waals surface area contributed by atoms with Gasteiger partial charge in [0.15, 0.2) is 5.69 Å². The summed E-state index contributed by atoms with van der Waals surface area (Å²) in [6, 6.07) is 5.35. The van der Waals surface area contributed by atoms with Crippen molar-refractivity contribution < 1.29 is 18.0 Å². The quantitative estimate of drug-likeness (QED) is 0.319. The highest BCUT2D eigenvalue weighted by Gasteiger charge is 2.32. The van der Waals surface area contributed by atoms with Gasteiger partial charge < -0.3 is 10.5 Å². The van der Waals surface area contributed by atoms with E-state index in [4.69, 9.17) is 22.7 Å². The van der Waals surface area contributed by atoms with Crippen LogP contribution in [0.4, 0.5) is 18.9 Å². The van der Waals surface area contributed by atoms with Crippen LogP contribution in [0.15, 0.2) is 47.6 Å². The van der Waals surface area contributed by atoms with Crippen LogP contribution in [0.2, 0.25) is 5.02 Å². The molecule has 0 aliphatic heterocycles. The number of carbonyl (C=O) groups is 1. The molecule has 1 aromatic carbocycles. The van der Waals surface area contributed by atoms with Gasteiger partial charge in [-0.3, -0.25) is 15.1 Å². The molecule has 30 heavy (non-hydrogen) atoms. The molecule has 1 amide bonds. The average molecular weight is 458 g/mol. The Morgan fingerprint density at radius 2 is 2.10 bits per heavy atom. The van der Waals surface area contributed by atoms with Crippen molar-refractivity contribution in [1.82, 2.24) is 9.88 Å². The van der Waals surface area contributed by atoms with E-state index in [2.05, 4.69) is 9.71 Å². The number of pyridine rings is 1. The maximum absolute atomic E-state index is 13.1. The molecule has 2 aromatic rings. The van der Waals surface area contributed by atoms with Gasteiger partial charge in [0, 0.05) is 17.6 Å². The summed E-state index contributed by atoms with van der Waals surface area (Å²) in [6.07, 6.45) is -0.811. The number of hydrogen-bond donors (Lipinski definition) is 3. The summed E-state index contributed by atoms with van der Waals surface area (Å²) in [4.78, 5) is 18.3. The maximum Gasteiger partial charge on any atom is 0.416 e. The van der Waals surface area contributed by atoms with Crippen molar-refractivity contribution in [3.63, 3.8) is 0 Å². The molecule has 0 atom stereocenters. The minimum absolute atomic E-state index is 0.0351. The third-order valence-corrected chi connectivity index (χ3v) is 4.97. The van der Waals surface area contributed by atoms with Gasteiger partial charge in [0.25, 0.3) is 5.91 Å². The number of rotatable bonds is 6. The minimum atomic E-state index is -4.47. The van der Waals surface area contributed by atoms with E-state index in [-0.39, 0.29) is 39.2 Å².